The minimum absolute atomic E-state index is 0.565. The van der Waals surface area contributed by atoms with Gasteiger partial charge >= 0.3 is 0 Å². The standard InChI is InChI=1S/C15H27N3O/c1-6-13-8-18(14(7-16-13)10(2)3)9-15-17-11(4)12(5)19-15/h10,13-14,16H,6-9H2,1-5H3. The molecule has 1 N–H and O–H groups in total. The number of nitrogens with zero attached hydrogens (tertiary/aromatic N) is 2. The van der Waals surface area contributed by atoms with Crippen LogP contribution in [0.25, 0.3) is 0 Å². The van der Waals surface area contributed by atoms with Crippen molar-refractivity contribution in [2.45, 2.75) is 59.7 Å². The third-order valence-corrected chi connectivity index (χ3v) is 4.21. The molecule has 4 nitrogen and oxygen atoms in total. The van der Waals surface area contributed by atoms with Gasteiger partial charge in [-0.15, -0.1) is 0 Å². The Kier molecular flexibility index (Phi) is 4.63. The highest BCUT2D eigenvalue weighted by atomic mass is 16.4. The topological polar surface area (TPSA) is 41.3 Å². The second-order valence-corrected chi connectivity index (χ2v) is 6.00. The van der Waals surface area contributed by atoms with E-state index >= 15 is 0 Å². The van der Waals surface area contributed by atoms with Crippen molar-refractivity contribution in [2.24, 2.45) is 5.92 Å². The maximum atomic E-state index is 5.74. The lowest BCUT2D eigenvalue weighted by atomic mass is 9.98. The van der Waals surface area contributed by atoms with Gasteiger partial charge in [0.1, 0.15) is 5.76 Å². The van der Waals surface area contributed by atoms with Gasteiger partial charge in [-0.1, -0.05) is 20.8 Å². The lowest BCUT2D eigenvalue weighted by Crippen LogP contribution is -2.57. The molecule has 1 saturated heterocycles. The number of rotatable bonds is 4. The molecule has 2 rings (SSSR count). The second-order valence-electron chi connectivity index (χ2n) is 6.00. The number of hydrogen-bond donors (Lipinski definition) is 1. The number of nitrogens with one attached hydrogen (secondary N) is 1. The summed E-state index contributed by atoms with van der Waals surface area (Å²) in [4.78, 5) is 7.05. The minimum atomic E-state index is 0.565. The highest BCUT2D eigenvalue weighted by Crippen LogP contribution is 2.20. The Morgan fingerprint density at radius 2 is 2.16 bits per heavy atom. The Labute approximate surface area is 116 Å². The summed E-state index contributed by atoms with van der Waals surface area (Å²) in [5.41, 5.74) is 1.01. The first kappa shape index (κ1) is 14.5. The smallest absolute Gasteiger partial charge is 0.208 e. The van der Waals surface area contributed by atoms with E-state index in [2.05, 4.69) is 36.0 Å². The Hall–Kier alpha value is -0.870. The average Bonchev–Trinajstić information content (AvgIpc) is 2.67. The maximum Gasteiger partial charge on any atom is 0.208 e. The first-order chi connectivity index (χ1) is 9.01. The predicted molar refractivity (Wildman–Crippen MR) is 77.1 cm³/mol. The molecular weight excluding hydrogens is 238 g/mol. The van der Waals surface area contributed by atoms with Gasteiger partial charge in [-0.3, -0.25) is 4.90 Å². The molecule has 1 aliphatic heterocycles. The molecule has 0 amide bonds. The number of aromatic nitrogens is 1. The van der Waals surface area contributed by atoms with E-state index in [-0.39, 0.29) is 0 Å². The SMILES string of the molecule is CCC1CN(Cc2nc(C)c(C)o2)C(C(C)C)CN1. The van der Waals surface area contributed by atoms with Crippen LogP contribution in [0.3, 0.4) is 0 Å². The predicted octanol–water partition coefficient (Wildman–Crippen LogP) is 2.50. The van der Waals surface area contributed by atoms with Crippen molar-refractivity contribution in [1.29, 1.82) is 0 Å². The van der Waals surface area contributed by atoms with Crippen LogP contribution in [0.2, 0.25) is 0 Å². The summed E-state index contributed by atoms with van der Waals surface area (Å²) in [6.07, 6.45) is 1.17. The van der Waals surface area contributed by atoms with Crippen LogP contribution in [0.1, 0.15) is 44.5 Å². The summed E-state index contributed by atoms with van der Waals surface area (Å²) in [5, 5.41) is 3.64. The van der Waals surface area contributed by atoms with Crippen LogP contribution in [-0.4, -0.2) is 35.1 Å². The van der Waals surface area contributed by atoms with E-state index in [1.54, 1.807) is 0 Å². The van der Waals surface area contributed by atoms with E-state index in [0.29, 0.717) is 18.0 Å². The average molecular weight is 265 g/mol. The van der Waals surface area contributed by atoms with Crippen molar-refractivity contribution >= 4 is 0 Å². The zero-order valence-corrected chi connectivity index (χ0v) is 12.9. The van der Waals surface area contributed by atoms with E-state index in [9.17, 15) is 0 Å². The maximum absolute atomic E-state index is 5.74. The van der Waals surface area contributed by atoms with Gasteiger partial charge in [-0.25, -0.2) is 4.98 Å². The van der Waals surface area contributed by atoms with Crippen LogP contribution in [0.4, 0.5) is 0 Å². The van der Waals surface area contributed by atoms with Gasteiger partial charge in [0.2, 0.25) is 5.89 Å². The van der Waals surface area contributed by atoms with Crippen molar-refractivity contribution in [3.8, 4) is 0 Å². The largest absolute Gasteiger partial charge is 0.444 e. The molecule has 1 aliphatic rings. The fourth-order valence-electron chi connectivity index (χ4n) is 2.79. The lowest BCUT2D eigenvalue weighted by molar-refractivity contribution is 0.0811. The minimum Gasteiger partial charge on any atom is -0.444 e. The highest BCUT2D eigenvalue weighted by molar-refractivity contribution is 5.05. The van der Waals surface area contributed by atoms with E-state index in [4.69, 9.17) is 4.42 Å². The van der Waals surface area contributed by atoms with E-state index in [1.807, 2.05) is 13.8 Å². The molecule has 0 aromatic carbocycles. The summed E-state index contributed by atoms with van der Waals surface area (Å²) in [6, 6.07) is 1.16. The Balaban J connectivity index is 2.08. The molecule has 1 aromatic rings. The third-order valence-electron chi connectivity index (χ3n) is 4.21. The van der Waals surface area contributed by atoms with Gasteiger partial charge in [0, 0.05) is 25.2 Å². The summed E-state index contributed by atoms with van der Waals surface area (Å²) < 4.78 is 5.74. The van der Waals surface area contributed by atoms with Crippen LogP contribution < -0.4 is 5.32 Å². The fourth-order valence-corrected chi connectivity index (χ4v) is 2.79. The molecule has 2 heterocycles. The molecule has 0 saturated carbocycles. The van der Waals surface area contributed by atoms with Gasteiger partial charge in [0.15, 0.2) is 0 Å². The molecule has 2 atom stereocenters. The van der Waals surface area contributed by atoms with Crippen molar-refractivity contribution in [1.82, 2.24) is 15.2 Å². The first-order valence-corrected chi connectivity index (χ1v) is 7.41. The third kappa shape index (κ3) is 3.37. The molecule has 19 heavy (non-hydrogen) atoms. The Bertz CT molecular complexity index is 394. The Morgan fingerprint density at radius 1 is 1.42 bits per heavy atom. The van der Waals surface area contributed by atoms with Crippen molar-refractivity contribution in [2.75, 3.05) is 13.1 Å². The lowest BCUT2D eigenvalue weighted by Gasteiger charge is -2.41. The number of piperazine rings is 1. The quantitative estimate of drug-likeness (QED) is 0.908. The number of aryl methyl sites for hydroxylation is 2. The van der Waals surface area contributed by atoms with Gasteiger partial charge in [-0.05, 0) is 26.2 Å². The molecule has 108 valence electrons. The summed E-state index contributed by atoms with van der Waals surface area (Å²) in [7, 11) is 0. The summed E-state index contributed by atoms with van der Waals surface area (Å²) in [6.45, 7) is 13.8. The van der Waals surface area contributed by atoms with Crippen LogP contribution >= 0.6 is 0 Å². The van der Waals surface area contributed by atoms with E-state index < -0.39 is 0 Å². The van der Waals surface area contributed by atoms with Gasteiger partial charge in [0.25, 0.3) is 0 Å². The van der Waals surface area contributed by atoms with Crippen molar-refractivity contribution < 1.29 is 4.42 Å². The number of hydrogen-bond acceptors (Lipinski definition) is 4. The van der Waals surface area contributed by atoms with Gasteiger partial charge < -0.3 is 9.73 Å². The van der Waals surface area contributed by atoms with E-state index in [0.717, 1.165) is 37.0 Å². The molecule has 0 spiro atoms. The fraction of sp³-hybridized carbons (Fsp3) is 0.800. The summed E-state index contributed by atoms with van der Waals surface area (Å²) in [5.74, 6) is 2.44. The monoisotopic (exact) mass is 265 g/mol. The molecule has 0 radical (unpaired) electrons. The zero-order chi connectivity index (χ0) is 14.0. The molecule has 4 heteroatoms. The summed E-state index contributed by atoms with van der Waals surface area (Å²) >= 11 is 0. The van der Waals surface area contributed by atoms with Crippen LogP contribution in [-0.2, 0) is 6.54 Å². The normalized spacial score (nSPS) is 25.2. The molecule has 0 aliphatic carbocycles. The van der Waals surface area contributed by atoms with Crippen LogP contribution in [0.15, 0.2) is 4.42 Å². The molecule has 0 bridgehead atoms. The highest BCUT2D eigenvalue weighted by Gasteiger charge is 2.30. The van der Waals surface area contributed by atoms with Crippen molar-refractivity contribution in [3.63, 3.8) is 0 Å². The first-order valence-electron chi connectivity index (χ1n) is 7.41. The molecule has 1 aromatic heterocycles. The Morgan fingerprint density at radius 3 is 2.68 bits per heavy atom. The van der Waals surface area contributed by atoms with Crippen LogP contribution in [0, 0.1) is 19.8 Å². The van der Waals surface area contributed by atoms with Gasteiger partial charge in [0.05, 0.1) is 12.2 Å². The van der Waals surface area contributed by atoms with Crippen LogP contribution in [0.5, 0.6) is 0 Å². The zero-order valence-electron chi connectivity index (χ0n) is 12.9. The molecule has 1 fully saturated rings. The van der Waals surface area contributed by atoms with Gasteiger partial charge in [-0.2, -0.15) is 0 Å². The molecule has 2 unspecified atom stereocenters. The number of oxazole rings is 1. The molecular formula is C15H27N3O. The second kappa shape index (κ2) is 6.06. The van der Waals surface area contributed by atoms with Crippen molar-refractivity contribution in [3.05, 3.63) is 17.3 Å². The van der Waals surface area contributed by atoms with E-state index in [1.165, 1.54) is 6.42 Å².